The lowest BCUT2D eigenvalue weighted by Crippen LogP contribution is -2.40. The quantitative estimate of drug-likeness (QED) is 0.743. The van der Waals surface area contributed by atoms with Gasteiger partial charge in [-0.05, 0) is 37.1 Å². The van der Waals surface area contributed by atoms with Gasteiger partial charge in [0.15, 0.2) is 0 Å². The number of carbonyl (C=O) groups excluding carboxylic acids is 1. The lowest BCUT2D eigenvalue weighted by molar-refractivity contribution is -0.131. The summed E-state index contributed by atoms with van der Waals surface area (Å²) in [5.41, 5.74) is 0.970. The first kappa shape index (κ1) is 22.1. The molecule has 1 N–H and O–H groups in total. The van der Waals surface area contributed by atoms with E-state index in [9.17, 15) is 13.2 Å². The molecule has 7 nitrogen and oxygen atoms in total. The number of likely N-dealkylation sites (N-methyl/N-ethyl adjacent to an activating group) is 1. The molecule has 3 rings (SSSR count). The molecule has 1 amide bonds. The van der Waals surface area contributed by atoms with E-state index in [0.717, 1.165) is 25.1 Å². The molecule has 0 radical (unpaired) electrons. The zero-order valence-electron chi connectivity index (χ0n) is 15.6. The van der Waals surface area contributed by atoms with Crippen LogP contribution in [0.1, 0.15) is 18.4 Å². The second kappa shape index (κ2) is 9.84. The molecule has 9 heteroatoms. The van der Waals surface area contributed by atoms with Crippen molar-refractivity contribution in [1.29, 1.82) is 0 Å². The molecule has 2 heterocycles. The molecular formula is C18H28ClN3O4S. The third-order valence-electron chi connectivity index (χ3n) is 5.13. The van der Waals surface area contributed by atoms with Gasteiger partial charge in [-0.3, -0.25) is 4.79 Å². The number of morpholine rings is 1. The first-order valence-electron chi connectivity index (χ1n) is 9.12. The van der Waals surface area contributed by atoms with Gasteiger partial charge in [0, 0.05) is 39.1 Å². The number of amides is 1. The Bertz CT molecular complexity index is 715. The molecule has 2 aliphatic rings. The number of hydrogen-bond acceptors (Lipinski definition) is 5. The molecule has 0 spiro atoms. The third kappa shape index (κ3) is 5.42. The van der Waals surface area contributed by atoms with Crippen LogP contribution in [-0.2, 0) is 26.0 Å². The number of hydrogen-bond donors (Lipinski definition) is 1. The lowest BCUT2D eigenvalue weighted by atomic mass is 10.1. The van der Waals surface area contributed by atoms with Gasteiger partial charge in [-0.1, -0.05) is 12.1 Å². The number of nitrogens with zero attached hydrogens (tertiary/aromatic N) is 2. The van der Waals surface area contributed by atoms with E-state index in [0.29, 0.717) is 44.0 Å². The fourth-order valence-corrected chi connectivity index (χ4v) is 4.77. The van der Waals surface area contributed by atoms with Crippen LogP contribution in [0.25, 0.3) is 0 Å². The summed E-state index contributed by atoms with van der Waals surface area (Å²) in [6.45, 7) is 3.46. The highest BCUT2D eigenvalue weighted by Gasteiger charge is 2.26. The Balaban J connectivity index is 0.00000261. The summed E-state index contributed by atoms with van der Waals surface area (Å²) in [7, 11) is -1.60. The molecule has 1 aromatic rings. The summed E-state index contributed by atoms with van der Waals surface area (Å²) in [6.07, 6.45) is 2.04. The Morgan fingerprint density at radius 3 is 2.52 bits per heavy atom. The molecular weight excluding hydrogens is 390 g/mol. The van der Waals surface area contributed by atoms with E-state index < -0.39 is 10.0 Å². The molecule has 0 saturated carbocycles. The van der Waals surface area contributed by atoms with E-state index in [-0.39, 0.29) is 24.4 Å². The van der Waals surface area contributed by atoms with E-state index in [2.05, 4.69) is 5.32 Å². The van der Waals surface area contributed by atoms with Crippen LogP contribution in [0.2, 0.25) is 0 Å². The Morgan fingerprint density at radius 1 is 1.26 bits per heavy atom. The number of rotatable bonds is 6. The summed E-state index contributed by atoms with van der Waals surface area (Å²) in [5.74, 6) is 0.128. The number of ether oxygens (including phenoxy) is 1. The zero-order valence-corrected chi connectivity index (χ0v) is 17.2. The topological polar surface area (TPSA) is 79.0 Å². The van der Waals surface area contributed by atoms with Crippen molar-refractivity contribution in [2.24, 2.45) is 0 Å². The van der Waals surface area contributed by atoms with Crippen LogP contribution in [0, 0.1) is 0 Å². The molecule has 2 fully saturated rings. The standard InChI is InChI=1S/C18H27N3O4S.ClH/c1-20(16-8-9-19-14-16)18(22)7-4-15-2-5-17(6-3-15)26(23,24)21-10-12-25-13-11-21;/h2-3,5-6,16,19H,4,7-14H2,1H3;1H. The summed E-state index contributed by atoms with van der Waals surface area (Å²) >= 11 is 0. The Hall–Kier alpha value is -1.19. The number of carbonyl (C=O) groups is 1. The zero-order chi connectivity index (χ0) is 18.6. The van der Waals surface area contributed by atoms with E-state index >= 15 is 0 Å². The van der Waals surface area contributed by atoms with Crippen molar-refractivity contribution < 1.29 is 17.9 Å². The van der Waals surface area contributed by atoms with Crippen LogP contribution in [0.15, 0.2) is 29.2 Å². The largest absolute Gasteiger partial charge is 0.379 e. The maximum absolute atomic E-state index is 12.6. The van der Waals surface area contributed by atoms with Crippen molar-refractivity contribution >= 4 is 28.3 Å². The Morgan fingerprint density at radius 2 is 1.93 bits per heavy atom. The van der Waals surface area contributed by atoms with E-state index in [4.69, 9.17) is 4.74 Å². The predicted molar refractivity (Wildman–Crippen MR) is 106 cm³/mol. The summed E-state index contributed by atoms with van der Waals surface area (Å²) < 4.78 is 31.9. The number of sulfonamides is 1. The summed E-state index contributed by atoms with van der Waals surface area (Å²) in [4.78, 5) is 14.4. The highest BCUT2D eigenvalue weighted by atomic mass is 35.5. The Kier molecular flexibility index (Phi) is 8.05. The molecule has 1 unspecified atom stereocenters. The molecule has 152 valence electrons. The smallest absolute Gasteiger partial charge is 0.243 e. The molecule has 2 saturated heterocycles. The molecule has 2 aliphatic heterocycles. The first-order chi connectivity index (χ1) is 12.5. The van der Waals surface area contributed by atoms with E-state index in [1.165, 1.54) is 4.31 Å². The monoisotopic (exact) mass is 417 g/mol. The van der Waals surface area contributed by atoms with Gasteiger partial charge < -0.3 is 15.0 Å². The maximum Gasteiger partial charge on any atom is 0.243 e. The minimum absolute atomic E-state index is 0. The van der Waals surface area contributed by atoms with Gasteiger partial charge in [0.2, 0.25) is 15.9 Å². The van der Waals surface area contributed by atoms with Gasteiger partial charge >= 0.3 is 0 Å². The Labute approximate surface area is 167 Å². The van der Waals surface area contributed by atoms with Crippen LogP contribution in [0.5, 0.6) is 0 Å². The van der Waals surface area contributed by atoms with Crippen molar-refractivity contribution in [3.63, 3.8) is 0 Å². The van der Waals surface area contributed by atoms with Gasteiger partial charge in [-0.2, -0.15) is 4.31 Å². The maximum atomic E-state index is 12.6. The number of aryl methyl sites for hydroxylation is 1. The number of benzene rings is 1. The van der Waals surface area contributed by atoms with Crippen molar-refractivity contribution in [2.45, 2.75) is 30.2 Å². The van der Waals surface area contributed by atoms with Crippen molar-refractivity contribution in [2.75, 3.05) is 46.4 Å². The fraction of sp³-hybridized carbons (Fsp3) is 0.611. The van der Waals surface area contributed by atoms with Crippen LogP contribution < -0.4 is 5.32 Å². The lowest BCUT2D eigenvalue weighted by Gasteiger charge is -2.26. The second-order valence-corrected chi connectivity index (χ2v) is 8.75. The normalized spacial score (nSPS) is 20.9. The van der Waals surface area contributed by atoms with Crippen LogP contribution in [0.3, 0.4) is 0 Å². The minimum atomic E-state index is -3.46. The molecule has 0 aromatic heterocycles. The summed E-state index contributed by atoms with van der Waals surface area (Å²) in [5, 5.41) is 3.27. The minimum Gasteiger partial charge on any atom is -0.379 e. The van der Waals surface area contributed by atoms with Crippen molar-refractivity contribution in [3.05, 3.63) is 29.8 Å². The van der Waals surface area contributed by atoms with Gasteiger partial charge in [0.05, 0.1) is 18.1 Å². The molecule has 27 heavy (non-hydrogen) atoms. The highest BCUT2D eigenvalue weighted by molar-refractivity contribution is 7.89. The highest BCUT2D eigenvalue weighted by Crippen LogP contribution is 2.18. The average Bonchev–Trinajstić information content (AvgIpc) is 3.21. The first-order valence-corrected chi connectivity index (χ1v) is 10.6. The SMILES string of the molecule is CN(C(=O)CCc1ccc(S(=O)(=O)N2CCOCC2)cc1)C1CCNC1.Cl. The fourth-order valence-electron chi connectivity index (χ4n) is 3.37. The average molecular weight is 418 g/mol. The molecule has 0 aliphatic carbocycles. The van der Waals surface area contributed by atoms with Crippen LogP contribution in [-0.4, -0.2) is 76.0 Å². The van der Waals surface area contributed by atoms with Gasteiger partial charge in [-0.25, -0.2) is 8.42 Å². The third-order valence-corrected chi connectivity index (χ3v) is 7.05. The van der Waals surface area contributed by atoms with Gasteiger partial charge in [-0.15, -0.1) is 12.4 Å². The number of halogens is 1. The van der Waals surface area contributed by atoms with E-state index in [1.807, 2.05) is 11.9 Å². The van der Waals surface area contributed by atoms with Crippen molar-refractivity contribution in [1.82, 2.24) is 14.5 Å². The molecule has 0 bridgehead atoms. The second-order valence-electron chi connectivity index (χ2n) is 6.81. The predicted octanol–water partition coefficient (Wildman–Crippen LogP) is 0.882. The van der Waals surface area contributed by atoms with Gasteiger partial charge in [0.25, 0.3) is 0 Å². The van der Waals surface area contributed by atoms with Crippen molar-refractivity contribution in [3.8, 4) is 0 Å². The van der Waals surface area contributed by atoms with Gasteiger partial charge in [0.1, 0.15) is 0 Å². The number of nitrogens with one attached hydrogen (secondary N) is 1. The molecule has 1 atom stereocenters. The van der Waals surface area contributed by atoms with Crippen LogP contribution in [0.4, 0.5) is 0 Å². The van der Waals surface area contributed by atoms with E-state index in [1.54, 1.807) is 24.3 Å². The molecule has 1 aromatic carbocycles. The van der Waals surface area contributed by atoms with Crippen LogP contribution >= 0.6 is 12.4 Å². The summed E-state index contributed by atoms with van der Waals surface area (Å²) in [6, 6.07) is 7.16.